The number of carbonyl (C=O) groups excluding carboxylic acids is 1. The van der Waals surface area contributed by atoms with Crippen molar-refractivity contribution in [2.75, 3.05) is 24.2 Å². The number of rotatable bonds is 9. The molecule has 0 spiro atoms. The second-order valence-corrected chi connectivity index (χ2v) is 15.1. The minimum atomic E-state index is -3.45. The predicted octanol–water partition coefficient (Wildman–Crippen LogP) is 4.88. The summed E-state index contributed by atoms with van der Waals surface area (Å²) in [7, 11) is -3.45. The van der Waals surface area contributed by atoms with Crippen LogP contribution in [0.15, 0.2) is 36.4 Å². The smallest absolute Gasteiger partial charge is 0.405 e. The lowest BCUT2D eigenvalue weighted by Gasteiger charge is -2.40. The number of ether oxygens (including phenoxy) is 1. The fourth-order valence-electron chi connectivity index (χ4n) is 7.35. The van der Waals surface area contributed by atoms with E-state index < -0.39 is 45.6 Å². The molecule has 0 aliphatic carbocycles. The Bertz CT molecular complexity index is 1540. The summed E-state index contributed by atoms with van der Waals surface area (Å²) in [5.74, 6) is -3.02. The van der Waals surface area contributed by atoms with Crippen LogP contribution in [-0.2, 0) is 26.0 Å². The molecule has 5 rings (SSSR count). The zero-order chi connectivity index (χ0) is 33.2. The molecule has 0 radical (unpaired) electrons. The Hall–Kier alpha value is -2.84. The number of anilines is 1. The third-order valence-corrected chi connectivity index (χ3v) is 11.6. The van der Waals surface area contributed by atoms with Gasteiger partial charge in [0, 0.05) is 42.3 Å². The number of hydrogen-bond acceptors (Lipinski definition) is 6. The molecule has 4 N–H and O–H groups in total. The highest BCUT2D eigenvalue weighted by Gasteiger charge is 2.41. The maximum atomic E-state index is 15.3. The van der Waals surface area contributed by atoms with Crippen molar-refractivity contribution in [3.05, 3.63) is 64.2 Å². The van der Waals surface area contributed by atoms with Crippen LogP contribution < -0.4 is 16.0 Å². The van der Waals surface area contributed by atoms with Crippen LogP contribution >= 0.6 is 11.6 Å². The van der Waals surface area contributed by atoms with E-state index in [2.05, 4.69) is 16.0 Å². The minimum Gasteiger partial charge on any atom is -0.465 e. The SMILES string of the molecule is C[C@@H]1CC(C(c2ccc(Cl)c(F)c2)C(NC(=O)O)C(=O)Nc2cccc(F)c2CC[C@H]2CN[C@@H]3CCCS(=O)(=O)N2C3)C[C@H](C)O1. The summed E-state index contributed by atoms with van der Waals surface area (Å²) >= 11 is 5.96. The van der Waals surface area contributed by atoms with E-state index in [0.29, 0.717) is 44.3 Å². The summed E-state index contributed by atoms with van der Waals surface area (Å²) in [6.45, 7) is 4.58. The molecule has 0 aromatic heterocycles. The zero-order valence-electron chi connectivity index (χ0n) is 25.8. The lowest BCUT2D eigenvalue weighted by atomic mass is 9.74. The Morgan fingerprint density at radius 2 is 1.89 bits per heavy atom. The fraction of sp³-hybridized carbons (Fsp3) is 0.562. The van der Waals surface area contributed by atoms with Crippen molar-refractivity contribution in [3.8, 4) is 0 Å². The van der Waals surface area contributed by atoms with E-state index in [1.54, 1.807) is 6.07 Å². The lowest BCUT2D eigenvalue weighted by Crippen LogP contribution is -2.57. The topological polar surface area (TPSA) is 137 Å². The average Bonchev–Trinajstić information content (AvgIpc) is 3.09. The molecule has 2 aromatic rings. The van der Waals surface area contributed by atoms with Crippen LogP contribution in [0.4, 0.5) is 19.3 Å². The summed E-state index contributed by atoms with van der Waals surface area (Å²) in [5, 5.41) is 18.2. The Morgan fingerprint density at radius 3 is 2.59 bits per heavy atom. The van der Waals surface area contributed by atoms with Crippen molar-refractivity contribution in [1.82, 2.24) is 14.9 Å². The number of piperazine rings is 1. The molecule has 3 heterocycles. The molecule has 4 unspecified atom stereocenters. The van der Waals surface area contributed by atoms with Gasteiger partial charge in [-0.05, 0) is 88.1 Å². The van der Waals surface area contributed by atoms with Crippen LogP contribution in [0.5, 0.6) is 0 Å². The predicted molar refractivity (Wildman–Crippen MR) is 170 cm³/mol. The first-order chi connectivity index (χ1) is 21.8. The molecule has 2 amide bonds. The van der Waals surface area contributed by atoms with Crippen LogP contribution in [0.3, 0.4) is 0 Å². The first-order valence-corrected chi connectivity index (χ1v) is 17.7. The fourth-order valence-corrected chi connectivity index (χ4v) is 9.28. The molecular weight excluding hydrogens is 642 g/mol. The number of sulfonamides is 1. The minimum absolute atomic E-state index is 0.0734. The maximum absolute atomic E-state index is 15.3. The molecule has 2 bridgehead atoms. The van der Waals surface area contributed by atoms with E-state index in [9.17, 15) is 27.5 Å². The van der Waals surface area contributed by atoms with Gasteiger partial charge in [0.25, 0.3) is 0 Å². The van der Waals surface area contributed by atoms with Crippen LogP contribution in [-0.4, -0.2) is 79.0 Å². The van der Waals surface area contributed by atoms with Crippen molar-refractivity contribution in [3.63, 3.8) is 0 Å². The van der Waals surface area contributed by atoms with Gasteiger partial charge in [0.05, 0.1) is 23.0 Å². The average molecular weight is 683 g/mol. The number of carboxylic acid groups (broad SMARTS) is 1. The third-order valence-electron chi connectivity index (χ3n) is 9.36. The van der Waals surface area contributed by atoms with E-state index in [-0.39, 0.29) is 58.7 Å². The highest BCUT2D eigenvalue weighted by molar-refractivity contribution is 7.89. The van der Waals surface area contributed by atoms with E-state index in [4.69, 9.17) is 16.3 Å². The standard InChI is InChI=1S/C32H41ClF2N4O6S/c1-18-13-21(14-19(2)45-18)29(20-8-11-25(33)27(35)15-20)30(38-32(41)42)31(40)37-28-7-3-6-26(34)24(28)10-9-23-16-36-22-5-4-12-46(43,44)39(23)17-22/h3,6-8,11,15,18-19,21-23,29-30,36,38H,4-5,9-10,12-14,16-17H2,1-2H3,(H,37,40)(H,41,42)/t18-,19+,21?,22-,23+,29?,30?/m1/s1. The Balaban J connectivity index is 1.43. The quantitative estimate of drug-likeness (QED) is 0.296. The van der Waals surface area contributed by atoms with Gasteiger partial charge >= 0.3 is 6.09 Å². The summed E-state index contributed by atoms with van der Waals surface area (Å²) < 4.78 is 63.4. The summed E-state index contributed by atoms with van der Waals surface area (Å²) in [4.78, 5) is 26.1. The highest BCUT2D eigenvalue weighted by atomic mass is 35.5. The first kappa shape index (κ1) is 34.5. The Morgan fingerprint density at radius 1 is 1.15 bits per heavy atom. The van der Waals surface area contributed by atoms with Gasteiger partial charge in [-0.2, -0.15) is 4.31 Å². The maximum Gasteiger partial charge on any atom is 0.405 e. The van der Waals surface area contributed by atoms with Gasteiger partial charge in [0.2, 0.25) is 15.9 Å². The van der Waals surface area contributed by atoms with Crippen LogP contribution in [0.2, 0.25) is 5.02 Å². The number of amides is 2. The van der Waals surface area contributed by atoms with Crippen LogP contribution in [0.1, 0.15) is 63.0 Å². The second-order valence-electron chi connectivity index (χ2n) is 12.7. The molecule has 10 nitrogen and oxygen atoms in total. The van der Waals surface area contributed by atoms with Crippen molar-refractivity contribution < 1.29 is 36.6 Å². The summed E-state index contributed by atoms with van der Waals surface area (Å²) in [5.41, 5.74) is 0.724. The van der Waals surface area contributed by atoms with Gasteiger partial charge in [-0.15, -0.1) is 0 Å². The zero-order valence-corrected chi connectivity index (χ0v) is 27.4. The Labute approximate surface area is 273 Å². The number of halogens is 3. The number of hydrogen-bond donors (Lipinski definition) is 4. The largest absolute Gasteiger partial charge is 0.465 e. The van der Waals surface area contributed by atoms with Crippen molar-refractivity contribution >= 4 is 39.3 Å². The summed E-state index contributed by atoms with van der Waals surface area (Å²) in [6.07, 6.45) is 0.946. The molecule has 2 aromatic carbocycles. The first-order valence-electron chi connectivity index (χ1n) is 15.7. The van der Waals surface area contributed by atoms with E-state index >= 15 is 4.39 Å². The van der Waals surface area contributed by atoms with Gasteiger partial charge in [0.1, 0.15) is 17.7 Å². The van der Waals surface area contributed by atoms with Gasteiger partial charge in [-0.3, -0.25) is 4.79 Å². The molecule has 46 heavy (non-hydrogen) atoms. The van der Waals surface area contributed by atoms with Gasteiger partial charge in [-0.1, -0.05) is 23.7 Å². The number of nitrogens with one attached hydrogen (secondary N) is 3. The van der Waals surface area contributed by atoms with E-state index in [1.165, 1.54) is 34.6 Å². The molecule has 252 valence electrons. The third kappa shape index (κ3) is 7.99. The molecule has 3 aliphatic rings. The van der Waals surface area contributed by atoms with Crippen molar-refractivity contribution in [2.45, 2.75) is 88.6 Å². The molecule has 3 saturated heterocycles. The molecule has 0 saturated carbocycles. The monoisotopic (exact) mass is 682 g/mol. The highest BCUT2D eigenvalue weighted by Crippen LogP contribution is 2.40. The van der Waals surface area contributed by atoms with Crippen LogP contribution in [0.25, 0.3) is 0 Å². The van der Waals surface area contributed by atoms with E-state index in [0.717, 1.165) is 6.42 Å². The molecule has 3 aliphatic heterocycles. The van der Waals surface area contributed by atoms with Crippen LogP contribution in [0, 0.1) is 17.6 Å². The number of carbonyl (C=O) groups is 2. The second kappa shape index (κ2) is 14.5. The molecule has 8 atom stereocenters. The normalized spacial score (nSPS) is 28.8. The lowest BCUT2D eigenvalue weighted by molar-refractivity contribution is -0.120. The van der Waals surface area contributed by atoms with Gasteiger partial charge in [-0.25, -0.2) is 22.0 Å². The van der Waals surface area contributed by atoms with Gasteiger partial charge in [0.15, 0.2) is 0 Å². The molecular formula is C32H41ClF2N4O6S. The van der Waals surface area contributed by atoms with E-state index in [1.807, 2.05) is 13.8 Å². The number of fused-ring (bicyclic) bond motifs is 2. The van der Waals surface area contributed by atoms with Crippen molar-refractivity contribution in [2.24, 2.45) is 5.92 Å². The van der Waals surface area contributed by atoms with Gasteiger partial charge < -0.3 is 25.8 Å². The summed E-state index contributed by atoms with van der Waals surface area (Å²) in [6, 6.07) is 6.73. The Kier molecular flexibility index (Phi) is 10.9. The molecule has 3 fully saturated rings. The number of nitrogens with zero attached hydrogens (tertiary/aromatic N) is 1. The van der Waals surface area contributed by atoms with Crippen molar-refractivity contribution in [1.29, 1.82) is 0 Å². The number of benzene rings is 2. The molecule has 14 heteroatoms.